The molecule has 2 nitrogen and oxygen atoms in total. The summed E-state index contributed by atoms with van der Waals surface area (Å²) in [5, 5.41) is 7.78. The highest BCUT2D eigenvalue weighted by molar-refractivity contribution is 7.87. The summed E-state index contributed by atoms with van der Waals surface area (Å²) in [6.07, 6.45) is 0. The topological polar surface area (TPSA) is 24.4 Å². The van der Waals surface area contributed by atoms with Gasteiger partial charge in [-0.2, -0.15) is 0 Å². The molecule has 0 amide bonds. The van der Waals surface area contributed by atoms with Crippen LogP contribution in [-0.2, 0) is 0 Å². The van der Waals surface area contributed by atoms with Gasteiger partial charge in [-0.15, -0.1) is 0 Å². The SMILES string of the molecule is CC(C)c1cccc(C(C)C)c1N=P(c1ccccc1)(c1ccccc1)c1ccccc1N/C(=C\P(C(C)C)C(C)C)c1ccccc1. The third-order valence-corrected chi connectivity index (χ3v) is 15.5. The smallest absolute Gasteiger partial charge is 0.0694 e. The van der Waals surface area contributed by atoms with E-state index in [0.717, 1.165) is 11.4 Å². The van der Waals surface area contributed by atoms with Crippen LogP contribution in [0.4, 0.5) is 11.4 Å². The van der Waals surface area contributed by atoms with Crippen molar-refractivity contribution in [2.75, 3.05) is 5.32 Å². The average molecular weight is 671 g/mol. The molecule has 4 heteroatoms. The van der Waals surface area contributed by atoms with E-state index in [0.29, 0.717) is 23.2 Å². The van der Waals surface area contributed by atoms with Gasteiger partial charge in [0.1, 0.15) is 0 Å². The maximum atomic E-state index is 6.16. The van der Waals surface area contributed by atoms with E-state index in [1.807, 2.05) is 0 Å². The Hall–Kier alpha value is -3.70. The molecule has 0 saturated carbocycles. The van der Waals surface area contributed by atoms with Crippen LogP contribution < -0.4 is 21.2 Å². The maximum absolute atomic E-state index is 6.16. The lowest BCUT2D eigenvalue weighted by atomic mass is 9.93. The van der Waals surface area contributed by atoms with Gasteiger partial charge in [0, 0.05) is 27.3 Å². The van der Waals surface area contributed by atoms with Crippen LogP contribution in [0, 0.1) is 0 Å². The molecule has 1 N–H and O–H groups in total. The maximum Gasteiger partial charge on any atom is 0.0694 e. The molecular weight excluding hydrogens is 618 g/mol. The second-order valence-electron chi connectivity index (χ2n) is 13.7. The fourth-order valence-electron chi connectivity index (χ4n) is 6.51. The number of benzene rings is 5. The van der Waals surface area contributed by atoms with E-state index in [2.05, 4.69) is 200 Å². The minimum absolute atomic E-state index is 0.336. The Labute approximate surface area is 291 Å². The molecule has 5 aromatic carbocycles. The number of rotatable bonds is 12. The van der Waals surface area contributed by atoms with Crippen LogP contribution in [-0.4, -0.2) is 11.3 Å². The molecule has 5 aromatic rings. The van der Waals surface area contributed by atoms with Crippen molar-refractivity contribution in [3.05, 3.63) is 156 Å². The van der Waals surface area contributed by atoms with Crippen molar-refractivity contribution in [2.24, 2.45) is 4.74 Å². The van der Waals surface area contributed by atoms with Gasteiger partial charge in [-0.1, -0.05) is 191 Å². The highest BCUT2D eigenvalue weighted by Crippen LogP contribution is 2.54. The zero-order chi connectivity index (χ0) is 34.3. The molecule has 0 aliphatic rings. The van der Waals surface area contributed by atoms with Crippen molar-refractivity contribution in [1.29, 1.82) is 0 Å². The van der Waals surface area contributed by atoms with Crippen LogP contribution in [0.5, 0.6) is 0 Å². The van der Waals surface area contributed by atoms with E-state index in [1.165, 1.54) is 38.3 Å². The normalized spacial score (nSPS) is 12.4. The lowest BCUT2D eigenvalue weighted by Crippen LogP contribution is -2.27. The Kier molecular flexibility index (Phi) is 12.0. The molecule has 248 valence electrons. The summed E-state index contributed by atoms with van der Waals surface area (Å²) in [6, 6.07) is 48.6. The van der Waals surface area contributed by atoms with Gasteiger partial charge in [0.2, 0.25) is 0 Å². The highest BCUT2D eigenvalue weighted by atomic mass is 31.2. The van der Waals surface area contributed by atoms with Gasteiger partial charge in [-0.25, -0.2) is 0 Å². The molecule has 5 rings (SSSR count). The van der Waals surface area contributed by atoms with E-state index in [4.69, 9.17) is 4.74 Å². The van der Waals surface area contributed by atoms with Gasteiger partial charge >= 0.3 is 0 Å². The Bertz CT molecular complexity index is 1780. The third kappa shape index (κ3) is 7.78. The molecule has 0 aliphatic heterocycles. The summed E-state index contributed by atoms with van der Waals surface area (Å²) >= 11 is 0. The predicted octanol–water partition coefficient (Wildman–Crippen LogP) is 12.5. The Morgan fingerprint density at radius 3 is 1.50 bits per heavy atom. The lowest BCUT2D eigenvalue weighted by Gasteiger charge is -2.31. The monoisotopic (exact) mass is 670 g/mol. The molecular formula is C44H52N2P2. The van der Waals surface area contributed by atoms with Crippen molar-refractivity contribution in [3.8, 4) is 0 Å². The first-order valence-electron chi connectivity index (χ1n) is 17.4. The Morgan fingerprint density at radius 2 is 1.02 bits per heavy atom. The molecule has 0 radical (unpaired) electrons. The molecule has 0 aromatic heterocycles. The van der Waals surface area contributed by atoms with E-state index < -0.39 is 7.05 Å². The van der Waals surface area contributed by atoms with Crippen LogP contribution in [0.3, 0.4) is 0 Å². The van der Waals surface area contributed by atoms with E-state index >= 15 is 0 Å². The molecule has 0 aliphatic carbocycles. The first kappa shape index (κ1) is 35.6. The third-order valence-electron chi connectivity index (χ3n) is 8.93. The van der Waals surface area contributed by atoms with Gasteiger partial charge in [0.15, 0.2) is 0 Å². The second-order valence-corrected chi connectivity index (χ2v) is 19.9. The van der Waals surface area contributed by atoms with Gasteiger partial charge in [0.05, 0.1) is 12.7 Å². The summed E-state index contributed by atoms with van der Waals surface area (Å²) in [6.45, 7) is 18.6. The predicted molar refractivity (Wildman–Crippen MR) is 217 cm³/mol. The summed E-state index contributed by atoms with van der Waals surface area (Å²) in [5.74, 6) is 3.20. The Morgan fingerprint density at radius 1 is 0.562 bits per heavy atom. The van der Waals surface area contributed by atoms with Gasteiger partial charge in [-0.3, -0.25) is 4.74 Å². The minimum atomic E-state index is -2.63. The van der Waals surface area contributed by atoms with Crippen LogP contribution in [0.1, 0.15) is 83.9 Å². The van der Waals surface area contributed by atoms with Gasteiger partial charge in [0.25, 0.3) is 0 Å². The van der Waals surface area contributed by atoms with E-state index in [1.54, 1.807) is 0 Å². The summed E-state index contributed by atoms with van der Waals surface area (Å²) in [5.41, 5.74) is 8.36. The zero-order valence-corrected chi connectivity index (χ0v) is 31.7. The molecule has 0 fully saturated rings. The number of nitrogens with zero attached hydrogens (tertiary/aromatic N) is 1. The minimum Gasteiger partial charge on any atom is -0.354 e. The van der Waals surface area contributed by atoms with Crippen molar-refractivity contribution in [1.82, 2.24) is 0 Å². The molecule has 0 bridgehead atoms. The first-order chi connectivity index (χ1) is 23.1. The van der Waals surface area contributed by atoms with Crippen LogP contribution in [0.15, 0.2) is 144 Å². The molecule has 48 heavy (non-hydrogen) atoms. The lowest BCUT2D eigenvalue weighted by molar-refractivity contribution is 0.835. The fourth-order valence-corrected chi connectivity index (χ4v) is 12.5. The fraction of sp³-hybridized carbons (Fsp3) is 0.273. The number of para-hydroxylation sites is 1. The van der Waals surface area contributed by atoms with Crippen LogP contribution in [0.25, 0.3) is 5.70 Å². The molecule has 0 spiro atoms. The van der Waals surface area contributed by atoms with Crippen LogP contribution in [0.2, 0.25) is 0 Å². The second kappa shape index (κ2) is 16.1. The molecule has 0 unspecified atom stereocenters. The first-order valence-corrected chi connectivity index (χ1v) is 20.7. The standard InChI is InChI=1S/C44H52N2P2/c1-32(2)39-27-20-28-40(33(3)4)44(39)46-48(37-23-14-10-15-24-37,38-25-16-11-17-26-38)43-30-19-18-29-41(43)45-42(36-21-12-9-13-22-36)31-47(34(5)6)35(7)8/h9-35,45H,1-8H3/b42-31-. The number of nitrogens with one attached hydrogen (secondary N) is 1. The van der Waals surface area contributed by atoms with Crippen molar-refractivity contribution in [2.45, 2.75) is 78.5 Å². The van der Waals surface area contributed by atoms with E-state index in [9.17, 15) is 0 Å². The Balaban J connectivity index is 1.91. The quantitative estimate of drug-likeness (QED) is 0.131. The van der Waals surface area contributed by atoms with Crippen molar-refractivity contribution < 1.29 is 0 Å². The molecule has 0 saturated heterocycles. The number of hydrogen-bond donors (Lipinski definition) is 1. The number of hydrogen-bond acceptors (Lipinski definition) is 2. The highest BCUT2D eigenvalue weighted by Gasteiger charge is 2.31. The summed E-state index contributed by atoms with van der Waals surface area (Å²) < 4.78 is 6.16. The van der Waals surface area contributed by atoms with Crippen LogP contribution >= 0.6 is 15.0 Å². The van der Waals surface area contributed by atoms with Crippen molar-refractivity contribution >= 4 is 48.0 Å². The summed E-state index contributed by atoms with van der Waals surface area (Å²) in [4.78, 5) is 0. The summed E-state index contributed by atoms with van der Waals surface area (Å²) in [7, 11) is -2.99. The largest absolute Gasteiger partial charge is 0.354 e. The van der Waals surface area contributed by atoms with Gasteiger partial charge < -0.3 is 5.32 Å². The molecule has 0 heterocycles. The van der Waals surface area contributed by atoms with E-state index in [-0.39, 0.29) is 7.92 Å². The molecule has 0 atom stereocenters. The zero-order valence-electron chi connectivity index (χ0n) is 29.9. The van der Waals surface area contributed by atoms with Gasteiger partial charge in [-0.05, 0) is 51.7 Å². The van der Waals surface area contributed by atoms with Crippen molar-refractivity contribution in [3.63, 3.8) is 0 Å². The number of anilines is 1. The average Bonchev–Trinajstić information content (AvgIpc) is 3.10.